The second kappa shape index (κ2) is 4.33. The summed E-state index contributed by atoms with van der Waals surface area (Å²) in [6.45, 7) is 3.14. The Morgan fingerprint density at radius 1 is 0.905 bits per heavy atom. The third kappa shape index (κ3) is 1.61. The highest BCUT2D eigenvalue weighted by molar-refractivity contribution is 5.32. The van der Waals surface area contributed by atoms with Gasteiger partial charge < -0.3 is 5.73 Å². The molecule has 6 rings (SSSR count). The first-order chi connectivity index (χ1) is 10.3. The average molecular weight is 282 g/mol. The molecule has 2 N–H and O–H groups in total. The summed E-state index contributed by atoms with van der Waals surface area (Å²) in [7, 11) is 0. The molecule has 4 bridgehead atoms. The van der Waals surface area contributed by atoms with Crippen LogP contribution in [0.25, 0.3) is 0 Å². The van der Waals surface area contributed by atoms with E-state index in [9.17, 15) is 0 Å². The van der Waals surface area contributed by atoms with Crippen LogP contribution in [0.2, 0.25) is 0 Å². The Morgan fingerprint density at radius 3 is 1.90 bits per heavy atom. The number of fused-ring (bicyclic) bond motifs is 1. The molecule has 4 aliphatic carbocycles. The standard InChI is InChI=1S/C19H26N2/c20-12-19(21-10-15-3-1-2-4-16(15)11-21)17-6-13-5-14(8-17)9-18(19)7-13/h1-4,13-14,17-18H,5-12,20H2. The van der Waals surface area contributed by atoms with Crippen LogP contribution in [0.3, 0.4) is 0 Å². The number of benzene rings is 1. The van der Waals surface area contributed by atoms with Crippen molar-refractivity contribution in [3.05, 3.63) is 35.4 Å². The van der Waals surface area contributed by atoms with Crippen LogP contribution in [0, 0.1) is 23.7 Å². The monoisotopic (exact) mass is 282 g/mol. The maximum Gasteiger partial charge on any atom is 0.0395 e. The molecule has 4 fully saturated rings. The van der Waals surface area contributed by atoms with Gasteiger partial charge in [0.2, 0.25) is 0 Å². The van der Waals surface area contributed by atoms with Crippen LogP contribution < -0.4 is 5.73 Å². The third-order valence-corrected chi connectivity index (χ3v) is 7.31. The Balaban J connectivity index is 1.52. The molecule has 21 heavy (non-hydrogen) atoms. The molecule has 0 unspecified atom stereocenters. The maximum atomic E-state index is 6.46. The molecule has 112 valence electrons. The van der Waals surface area contributed by atoms with Crippen molar-refractivity contribution < 1.29 is 0 Å². The summed E-state index contributed by atoms with van der Waals surface area (Å²) in [6.07, 6.45) is 7.34. The predicted octanol–water partition coefficient (Wildman–Crippen LogP) is 3.16. The van der Waals surface area contributed by atoms with E-state index in [0.717, 1.165) is 43.3 Å². The molecule has 1 aromatic rings. The van der Waals surface area contributed by atoms with Crippen molar-refractivity contribution in [2.45, 2.75) is 50.7 Å². The lowest BCUT2D eigenvalue weighted by atomic mass is 9.48. The minimum absolute atomic E-state index is 0.312. The first-order valence-electron chi connectivity index (χ1n) is 8.81. The van der Waals surface area contributed by atoms with Crippen molar-refractivity contribution in [2.24, 2.45) is 29.4 Å². The Bertz CT molecular complexity index is 511. The van der Waals surface area contributed by atoms with E-state index in [4.69, 9.17) is 5.73 Å². The van der Waals surface area contributed by atoms with Gasteiger partial charge in [0.1, 0.15) is 0 Å². The Labute approximate surface area is 127 Å². The van der Waals surface area contributed by atoms with E-state index in [2.05, 4.69) is 29.2 Å². The summed E-state index contributed by atoms with van der Waals surface area (Å²) in [5.41, 5.74) is 9.86. The van der Waals surface area contributed by atoms with Crippen molar-refractivity contribution in [2.75, 3.05) is 6.54 Å². The van der Waals surface area contributed by atoms with Gasteiger partial charge >= 0.3 is 0 Å². The average Bonchev–Trinajstić information content (AvgIpc) is 2.91. The molecule has 0 spiro atoms. The molecule has 0 radical (unpaired) electrons. The lowest BCUT2D eigenvalue weighted by Crippen LogP contribution is -2.68. The van der Waals surface area contributed by atoms with Gasteiger partial charge in [-0.2, -0.15) is 0 Å². The first kappa shape index (κ1) is 12.7. The van der Waals surface area contributed by atoms with Crippen LogP contribution in [0.15, 0.2) is 24.3 Å². The summed E-state index contributed by atoms with van der Waals surface area (Å²) >= 11 is 0. The second-order valence-corrected chi connectivity index (χ2v) is 8.12. The zero-order chi connectivity index (χ0) is 14.0. The zero-order valence-corrected chi connectivity index (χ0v) is 12.8. The maximum absolute atomic E-state index is 6.46. The fourth-order valence-electron chi connectivity index (χ4n) is 6.61. The minimum atomic E-state index is 0.312. The second-order valence-electron chi connectivity index (χ2n) is 8.12. The largest absolute Gasteiger partial charge is 0.329 e. The van der Waals surface area contributed by atoms with E-state index < -0.39 is 0 Å². The number of rotatable bonds is 2. The summed E-state index contributed by atoms with van der Waals surface area (Å²) in [4.78, 5) is 2.78. The number of nitrogens with two attached hydrogens (primary N) is 1. The van der Waals surface area contributed by atoms with Crippen LogP contribution in [0.5, 0.6) is 0 Å². The molecule has 5 aliphatic rings. The van der Waals surface area contributed by atoms with Crippen LogP contribution in [0.4, 0.5) is 0 Å². The molecule has 2 nitrogen and oxygen atoms in total. The van der Waals surface area contributed by atoms with E-state index in [1.54, 1.807) is 11.1 Å². The van der Waals surface area contributed by atoms with E-state index in [-0.39, 0.29) is 0 Å². The molecule has 0 saturated heterocycles. The van der Waals surface area contributed by atoms with Gasteiger partial charge in [0.05, 0.1) is 0 Å². The lowest BCUT2D eigenvalue weighted by molar-refractivity contribution is -0.134. The van der Waals surface area contributed by atoms with Crippen molar-refractivity contribution in [3.8, 4) is 0 Å². The van der Waals surface area contributed by atoms with E-state index >= 15 is 0 Å². The van der Waals surface area contributed by atoms with Gasteiger partial charge in [-0.1, -0.05) is 24.3 Å². The fraction of sp³-hybridized carbons (Fsp3) is 0.684. The number of hydrogen-bond donors (Lipinski definition) is 1. The van der Waals surface area contributed by atoms with E-state index in [1.807, 2.05) is 0 Å². The van der Waals surface area contributed by atoms with E-state index in [0.29, 0.717) is 5.54 Å². The highest BCUT2D eigenvalue weighted by atomic mass is 15.2. The SMILES string of the molecule is NCC1(N2Cc3ccccc3C2)C2CC3CC(C2)CC1C3. The van der Waals surface area contributed by atoms with Crippen LogP contribution in [-0.4, -0.2) is 17.0 Å². The highest BCUT2D eigenvalue weighted by Gasteiger charge is 2.59. The van der Waals surface area contributed by atoms with Gasteiger partial charge in [-0.15, -0.1) is 0 Å². The highest BCUT2D eigenvalue weighted by Crippen LogP contribution is 2.60. The summed E-state index contributed by atoms with van der Waals surface area (Å²) in [5.74, 6) is 3.79. The van der Waals surface area contributed by atoms with Gasteiger partial charge in [0.25, 0.3) is 0 Å². The molecule has 0 aromatic heterocycles. The summed E-state index contributed by atoms with van der Waals surface area (Å²) in [6, 6.07) is 9.01. The zero-order valence-electron chi connectivity index (χ0n) is 12.8. The fourth-order valence-corrected chi connectivity index (χ4v) is 6.61. The predicted molar refractivity (Wildman–Crippen MR) is 84.5 cm³/mol. The summed E-state index contributed by atoms with van der Waals surface area (Å²) < 4.78 is 0. The van der Waals surface area contributed by atoms with Gasteiger partial charge in [0, 0.05) is 25.2 Å². The smallest absolute Gasteiger partial charge is 0.0395 e. The van der Waals surface area contributed by atoms with Crippen LogP contribution in [-0.2, 0) is 13.1 Å². The quantitative estimate of drug-likeness (QED) is 0.903. The summed E-state index contributed by atoms with van der Waals surface area (Å²) in [5, 5.41) is 0. The van der Waals surface area contributed by atoms with Crippen molar-refractivity contribution in [1.82, 2.24) is 4.90 Å². The van der Waals surface area contributed by atoms with Crippen LogP contribution in [0.1, 0.15) is 43.2 Å². The molecule has 0 amide bonds. The molecule has 4 saturated carbocycles. The molecule has 0 atom stereocenters. The molecular formula is C19H26N2. The molecular weight excluding hydrogens is 256 g/mol. The minimum Gasteiger partial charge on any atom is -0.329 e. The third-order valence-electron chi connectivity index (χ3n) is 7.31. The van der Waals surface area contributed by atoms with Crippen molar-refractivity contribution >= 4 is 0 Å². The van der Waals surface area contributed by atoms with Gasteiger partial charge in [-0.25, -0.2) is 0 Å². The molecule has 1 heterocycles. The number of hydrogen-bond acceptors (Lipinski definition) is 2. The first-order valence-corrected chi connectivity index (χ1v) is 8.81. The Hall–Kier alpha value is -0.860. The van der Waals surface area contributed by atoms with E-state index in [1.165, 1.54) is 32.1 Å². The van der Waals surface area contributed by atoms with Crippen LogP contribution >= 0.6 is 0 Å². The van der Waals surface area contributed by atoms with Gasteiger partial charge in [-0.05, 0) is 66.9 Å². The lowest BCUT2D eigenvalue weighted by Gasteiger charge is -2.64. The topological polar surface area (TPSA) is 29.3 Å². The van der Waals surface area contributed by atoms with Gasteiger partial charge in [-0.3, -0.25) is 4.90 Å². The normalized spacial score (nSPS) is 44.2. The molecule has 1 aromatic carbocycles. The van der Waals surface area contributed by atoms with Crippen molar-refractivity contribution in [3.63, 3.8) is 0 Å². The van der Waals surface area contributed by atoms with Gasteiger partial charge in [0.15, 0.2) is 0 Å². The molecule has 1 aliphatic heterocycles. The molecule has 2 heteroatoms. The Kier molecular flexibility index (Phi) is 2.61. The van der Waals surface area contributed by atoms with Crippen molar-refractivity contribution in [1.29, 1.82) is 0 Å². The number of nitrogens with zero attached hydrogens (tertiary/aromatic N) is 1. The Morgan fingerprint density at radius 2 is 1.43 bits per heavy atom.